The van der Waals surface area contributed by atoms with Gasteiger partial charge in [-0.1, -0.05) is 65.7 Å². The number of sulfone groups is 1. The van der Waals surface area contributed by atoms with Crippen LogP contribution in [0.1, 0.15) is 28.7 Å². The summed E-state index contributed by atoms with van der Waals surface area (Å²) in [6, 6.07) is 20.6. The minimum Gasteiger partial charge on any atom is -0.478 e. The third-order valence-corrected chi connectivity index (χ3v) is 9.19. The lowest BCUT2D eigenvalue weighted by Gasteiger charge is -2.17. The van der Waals surface area contributed by atoms with E-state index in [-0.39, 0.29) is 5.75 Å². The summed E-state index contributed by atoms with van der Waals surface area (Å²) in [7, 11) is -6.04. The van der Waals surface area contributed by atoms with Gasteiger partial charge in [0.05, 0.1) is 22.0 Å². The third kappa shape index (κ3) is 6.99. The lowest BCUT2D eigenvalue weighted by Crippen LogP contribution is -2.25. The molecule has 0 saturated carbocycles. The first-order valence-corrected chi connectivity index (χ1v) is 16.0. The van der Waals surface area contributed by atoms with Gasteiger partial charge < -0.3 is 20.1 Å². The summed E-state index contributed by atoms with van der Waals surface area (Å²) in [4.78, 5) is 14.7. The molecule has 0 bridgehead atoms. The molecule has 0 amide bonds. The van der Waals surface area contributed by atoms with Crippen molar-refractivity contribution in [2.75, 3.05) is 5.73 Å². The molecular weight excluding hydrogens is 678 g/mol. The lowest BCUT2D eigenvalue weighted by molar-refractivity contribution is -0.0436. The van der Waals surface area contributed by atoms with Crippen LogP contribution in [0.3, 0.4) is 0 Å². The van der Waals surface area contributed by atoms with E-state index >= 15 is 0 Å². The number of benzene rings is 4. The van der Waals surface area contributed by atoms with Gasteiger partial charge in [0.15, 0.2) is 0 Å². The molecule has 0 saturated heterocycles. The maximum absolute atomic E-state index is 13.4. The molecule has 5 aromatic rings. The molecule has 1 aromatic heterocycles. The van der Waals surface area contributed by atoms with Gasteiger partial charge in [-0.05, 0) is 72.2 Å². The Morgan fingerprint density at radius 1 is 0.979 bits per heavy atom. The van der Waals surface area contributed by atoms with Gasteiger partial charge >= 0.3 is 11.5 Å². The smallest absolute Gasteiger partial charge is 0.478 e. The van der Waals surface area contributed by atoms with Crippen molar-refractivity contribution in [3.8, 4) is 33.9 Å². The Hall–Kier alpha value is -4.78. The Morgan fingerprint density at radius 2 is 1.62 bits per heavy atom. The number of rotatable bonds is 9. The predicted octanol–water partition coefficient (Wildman–Crippen LogP) is 9.08. The molecule has 3 N–H and O–H groups in total. The topological polar surface area (TPSA) is 125 Å². The predicted molar refractivity (Wildman–Crippen MR) is 175 cm³/mol. The van der Waals surface area contributed by atoms with Gasteiger partial charge in [0, 0.05) is 23.3 Å². The second kappa shape index (κ2) is 13.1. The van der Waals surface area contributed by atoms with Gasteiger partial charge in [-0.15, -0.1) is 0 Å². The number of carboxylic acid groups (broad SMARTS) is 1. The number of carbonyl (C=O) groups is 1. The number of nitrogens with zero attached hydrogens (tertiary/aromatic N) is 2. The number of halogens is 5. The van der Waals surface area contributed by atoms with Crippen molar-refractivity contribution in [3.63, 3.8) is 0 Å². The Bertz CT molecular complexity index is 2110. The molecule has 1 heterocycles. The molecule has 242 valence electrons. The summed E-state index contributed by atoms with van der Waals surface area (Å²) >= 11 is 12.4. The number of anilines is 1. The van der Waals surface area contributed by atoms with Gasteiger partial charge in [-0.3, -0.25) is 0 Å². The van der Waals surface area contributed by atoms with E-state index < -0.39 is 43.2 Å². The number of carboxylic acids is 1. The quantitative estimate of drug-likeness (QED) is 0.147. The SMILES string of the molecule is CCn1cc(-c2ccc(Cl)cc2Cl)nc1/C=C/c1ccc(-c2ccc(Oc3ccc(C(=O)O)c(N)c3S(=O)(=O)C(F)(F)F)cc2)cc1. The first-order valence-electron chi connectivity index (χ1n) is 13.8. The van der Waals surface area contributed by atoms with Gasteiger partial charge in [0.2, 0.25) is 0 Å². The number of hydrogen-bond acceptors (Lipinski definition) is 6. The number of alkyl halides is 3. The molecule has 0 unspecified atom stereocenters. The lowest BCUT2D eigenvalue weighted by atomic mass is 10.0. The molecule has 0 aliphatic rings. The van der Waals surface area contributed by atoms with Crippen molar-refractivity contribution < 1.29 is 36.2 Å². The summed E-state index contributed by atoms with van der Waals surface area (Å²) in [6.07, 6.45) is 5.72. The number of aromatic nitrogens is 2. The van der Waals surface area contributed by atoms with E-state index in [4.69, 9.17) is 38.7 Å². The highest BCUT2D eigenvalue weighted by Gasteiger charge is 2.50. The summed E-state index contributed by atoms with van der Waals surface area (Å²) < 4.78 is 72.2. The van der Waals surface area contributed by atoms with Crippen molar-refractivity contribution in [1.29, 1.82) is 0 Å². The highest BCUT2D eigenvalue weighted by Crippen LogP contribution is 2.42. The molecule has 14 heteroatoms. The minimum absolute atomic E-state index is 0.0000798. The number of ether oxygens (including phenoxy) is 1. The van der Waals surface area contributed by atoms with E-state index in [9.17, 15) is 31.5 Å². The standard InChI is InChI=1S/C33H24Cl2F3N3O5S/c1-2-41-18-27(24-13-10-22(34)17-26(24)35)40-29(41)16-5-19-3-6-20(7-4-19)21-8-11-23(12-9-21)46-28-15-14-25(32(42)43)30(39)31(28)47(44,45)33(36,37)38/h3-18H,2,39H2,1H3,(H,42,43)/b16-5+. The normalized spacial score (nSPS) is 12.0. The van der Waals surface area contributed by atoms with E-state index in [1.807, 2.05) is 60.2 Å². The van der Waals surface area contributed by atoms with Crippen LogP contribution in [-0.4, -0.2) is 34.6 Å². The number of nitrogen functional groups attached to an aromatic ring is 1. The monoisotopic (exact) mass is 701 g/mol. The molecule has 0 fully saturated rings. The van der Waals surface area contributed by atoms with Crippen LogP contribution in [0.25, 0.3) is 34.5 Å². The summed E-state index contributed by atoms with van der Waals surface area (Å²) in [5.41, 5.74) is 1.89. The Balaban J connectivity index is 1.35. The van der Waals surface area contributed by atoms with E-state index in [0.29, 0.717) is 16.6 Å². The van der Waals surface area contributed by atoms with Crippen LogP contribution in [-0.2, 0) is 16.4 Å². The maximum Gasteiger partial charge on any atom is 0.502 e. The Labute approximate surface area is 277 Å². The summed E-state index contributed by atoms with van der Waals surface area (Å²) in [6.45, 7) is 2.70. The van der Waals surface area contributed by atoms with E-state index in [2.05, 4.69) is 0 Å². The molecule has 4 aromatic carbocycles. The van der Waals surface area contributed by atoms with Gasteiger partial charge in [-0.25, -0.2) is 18.2 Å². The largest absolute Gasteiger partial charge is 0.502 e. The van der Waals surface area contributed by atoms with Gasteiger partial charge in [-0.2, -0.15) is 13.2 Å². The summed E-state index contributed by atoms with van der Waals surface area (Å²) in [5, 5.41) is 10.3. The van der Waals surface area contributed by atoms with Crippen LogP contribution in [0.5, 0.6) is 11.5 Å². The molecule has 0 atom stereocenters. The van der Waals surface area contributed by atoms with Crippen molar-refractivity contribution in [2.24, 2.45) is 0 Å². The van der Waals surface area contributed by atoms with Crippen molar-refractivity contribution in [2.45, 2.75) is 23.9 Å². The van der Waals surface area contributed by atoms with Crippen molar-refractivity contribution in [1.82, 2.24) is 9.55 Å². The number of imidazole rings is 1. The second-order valence-electron chi connectivity index (χ2n) is 10.1. The molecule has 0 aliphatic heterocycles. The molecule has 0 aliphatic carbocycles. The first-order chi connectivity index (χ1) is 22.2. The molecule has 0 radical (unpaired) electrons. The highest BCUT2D eigenvalue weighted by molar-refractivity contribution is 7.92. The third-order valence-electron chi connectivity index (χ3n) is 7.07. The van der Waals surface area contributed by atoms with E-state index in [1.165, 1.54) is 12.1 Å². The van der Waals surface area contributed by atoms with Crippen LogP contribution in [0.15, 0.2) is 90.0 Å². The number of aromatic carboxylic acids is 1. The summed E-state index contributed by atoms with van der Waals surface area (Å²) in [5.74, 6) is -1.72. The fraction of sp³-hybridized carbons (Fsp3) is 0.0909. The molecule has 5 rings (SSSR count). The highest BCUT2D eigenvalue weighted by atomic mass is 35.5. The number of nitrogens with two attached hydrogens (primary N) is 1. The molecule has 8 nitrogen and oxygen atoms in total. The van der Waals surface area contributed by atoms with Gasteiger partial charge in [0.25, 0.3) is 9.84 Å². The minimum atomic E-state index is -6.04. The number of aryl methyl sites for hydroxylation is 1. The van der Waals surface area contributed by atoms with E-state index in [0.717, 1.165) is 45.9 Å². The fourth-order valence-electron chi connectivity index (χ4n) is 4.68. The van der Waals surface area contributed by atoms with Gasteiger partial charge in [0.1, 0.15) is 22.2 Å². The van der Waals surface area contributed by atoms with Crippen molar-refractivity contribution in [3.05, 3.63) is 112 Å². The molecular formula is C33H24Cl2F3N3O5S. The van der Waals surface area contributed by atoms with Crippen LogP contribution in [0.2, 0.25) is 10.0 Å². The van der Waals surface area contributed by atoms with E-state index in [1.54, 1.807) is 24.3 Å². The first kappa shape index (κ1) is 33.6. The zero-order valence-corrected chi connectivity index (χ0v) is 26.6. The number of hydrogen-bond donors (Lipinski definition) is 2. The van der Waals surface area contributed by atoms with Crippen LogP contribution >= 0.6 is 23.2 Å². The average Bonchev–Trinajstić information content (AvgIpc) is 3.43. The molecule has 0 spiro atoms. The van der Waals surface area contributed by atoms with Crippen LogP contribution < -0.4 is 10.5 Å². The second-order valence-corrected chi connectivity index (χ2v) is 12.8. The molecule has 47 heavy (non-hydrogen) atoms. The average molecular weight is 703 g/mol. The Morgan fingerprint density at radius 3 is 2.19 bits per heavy atom. The van der Waals surface area contributed by atoms with Crippen LogP contribution in [0, 0.1) is 0 Å². The fourth-order valence-corrected chi connectivity index (χ4v) is 6.19. The zero-order chi connectivity index (χ0) is 34.1. The Kier molecular flexibility index (Phi) is 9.39. The van der Waals surface area contributed by atoms with Crippen molar-refractivity contribution >= 4 is 56.8 Å². The zero-order valence-electron chi connectivity index (χ0n) is 24.3. The maximum atomic E-state index is 13.4. The van der Waals surface area contributed by atoms with Crippen LogP contribution in [0.4, 0.5) is 18.9 Å².